The van der Waals surface area contributed by atoms with E-state index < -0.39 is 0 Å². The van der Waals surface area contributed by atoms with Crippen LogP contribution >= 0.6 is 11.6 Å². The molecule has 0 N–H and O–H groups in total. The fraction of sp³-hybridized carbons (Fsp3) is 0.294. The van der Waals surface area contributed by atoms with Crippen LogP contribution in [0.1, 0.15) is 33.2 Å². The third kappa shape index (κ3) is 2.80. The number of alkyl halides is 1. The summed E-state index contributed by atoms with van der Waals surface area (Å²) in [6.45, 7) is 6.16. The molecule has 0 amide bonds. The second kappa shape index (κ2) is 5.84. The Balaban J connectivity index is 2.49. The third-order valence-electron chi connectivity index (χ3n) is 3.46. The van der Waals surface area contributed by atoms with Gasteiger partial charge in [0.2, 0.25) is 0 Å². The van der Waals surface area contributed by atoms with Gasteiger partial charge in [0.05, 0.1) is 12.5 Å². The lowest BCUT2D eigenvalue weighted by Crippen LogP contribution is -2.01. The average molecular weight is 293 g/mol. The van der Waals surface area contributed by atoms with Crippen molar-refractivity contribution in [2.24, 2.45) is 0 Å². The van der Waals surface area contributed by atoms with Crippen LogP contribution in [0.25, 0.3) is 0 Å². The van der Waals surface area contributed by atoms with Crippen molar-refractivity contribution in [1.29, 1.82) is 0 Å². The van der Waals surface area contributed by atoms with Crippen molar-refractivity contribution in [2.75, 3.05) is 7.11 Å². The van der Waals surface area contributed by atoms with E-state index in [0.717, 1.165) is 22.3 Å². The summed E-state index contributed by atoms with van der Waals surface area (Å²) in [6, 6.07) is 8.97. The average Bonchev–Trinajstić information content (AvgIpc) is 2.37. The summed E-state index contributed by atoms with van der Waals surface area (Å²) in [5.74, 6) is -0.159. The highest BCUT2D eigenvalue weighted by Gasteiger charge is 2.17. The molecule has 0 radical (unpaired) electrons. The molecule has 0 heterocycles. The Morgan fingerprint density at radius 2 is 1.65 bits per heavy atom. The molecule has 0 aliphatic rings. The minimum absolute atomic E-state index is 0.218. The van der Waals surface area contributed by atoms with Gasteiger partial charge in [-0.3, -0.25) is 0 Å². The van der Waals surface area contributed by atoms with Crippen molar-refractivity contribution in [3.05, 3.63) is 64.0 Å². The van der Waals surface area contributed by atoms with Crippen LogP contribution < -0.4 is 4.74 Å². The van der Waals surface area contributed by atoms with Gasteiger partial charge in [-0.1, -0.05) is 23.8 Å². The molecule has 0 bridgehead atoms. The molecule has 1 unspecified atom stereocenters. The Labute approximate surface area is 124 Å². The Kier molecular flexibility index (Phi) is 4.34. The molecule has 0 aliphatic carbocycles. The molecule has 1 atom stereocenters. The van der Waals surface area contributed by atoms with E-state index in [2.05, 4.69) is 19.1 Å². The molecule has 0 saturated carbocycles. The van der Waals surface area contributed by atoms with Gasteiger partial charge in [0.25, 0.3) is 0 Å². The molecule has 0 fully saturated rings. The number of halogens is 2. The molecule has 2 aromatic rings. The molecular weight excluding hydrogens is 275 g/mol. The zero-order valence-electron chi connectivity index (χ0n) is 12.1. The van der Waals surface area contributed by atoms with Crippen molar-refractivity contribution in [1.82, 2.24) is 0 Å². The number of aryl methyl sites for hydroxylation is 3. The van der Waals surface area contributed by atoms with E-state index in [1.165, 1.54) is 18.7 Å². The second-order valence-corrected chi connectivity index (χ2v) is 5.51. The van der Waals surface area contributed by atoms with Gasteiger partial charge in [0, 0.05) is 0 Å². The van der Waals surface area contributed by atoms with Gasteiger partial charge in [-0.15, -0.1) is 11.6 Å². The van der Waals surface area contributed by atoms with E-state index in [-0.39, 0.29) is 16.9 Å². The zero-order valence-corrected chi connectivity index (χ0v) is 12.9. The van der Waals surface area contributed by atoms with Gasteiger partial charge in [-0.2, -0.15) is 0 Å². The number of methoxy groups -OCH3 is 1. The van der Waals surface area contributed by atoms with E-state index in [1.807, 2.05) is 13.8 Å². The molecular formula is C17H18ClFO. The molecule has 0 aliphatic heterocycles. The standard InChI is InChI=1S/C17H18ClFO/c1-10-7-11(2)16(12(3)8-10)17(18)13-5-6-14(19)15(9-13)20-4/h5-9,17H,1-4H3. The highest BCUT2D eigenvalue weighted by molar-refractivity contribution is 6.22. The lowest BCUT2D eigenvalue weighted by Gasteiger charge is -2.18. The van der Waals surface area contributed by atoms with Crippen molar-refractivity contribution >= 4 is 11.6 Å². The Morgan fingerprint density at radius 3 is 2.20 bits per heavy atom. The number of rotatable bonds is 3. The Bertz CT molecular complexity index is 614. The molecule has 20 heavy (non-hydrogen) atoms. The highest BCUT2D eigenvalue weighted by Crippen LogP contribution is 2.35. The quantitative estimate of drug-likeness (QED) is 0.716. The lowest BCUT2D eigenvalue weighted by molar-refractivity contribution is 0.386. The largest absolute Gasteiger partial charge is 0.494 e. The summed E-state index contributed by atoms with van der Waals surface area (Å²) < 4.78 is 18.5. The minimum Gasteiger partial charge on any atom is -0.494 e. The summed E-state index contributed by atoms with van der Waals surface area (Å²) in [6.07, 6.45) is 0. The predicted octanol–water partition coefficient (Wildman–Crippen LogP) is 5.09. The maximum atomic E-state index is 13.5. The van der Waals surface area contributed by atoms with Crippen LogP contribution in [0.15, 0.2) is 30.3 Å². The topological polar surface area (TPSA) is 9.23 Å². The van der Waals surface area contributed by atoms with Crippen LogP contribution in [0.5, 0.6) is 5.75 Å². The lowest BCUT2D eigenvalue weighted by atomic mass is 9.94. The Hall–Kier alpha value is -1.54. The number of hydrogen-bond acceptors (Lipinski definition) is 1. The van der Waals surface area contributed by atoms with E-state index >= 15 is 0 Å². The summed E-state index contributed by atoms with van der Waals surface area (Å²) in [5, 5.41) is -0.315. The van der Waals surface area contributed by atoms with Crippen molar-refractivity contribution in [3.63, 3.8) is 0 Å². The van der Waals surface area contributed by atoms with Crippen molar-refractivity contribution < 1.29 is 9.13 Å². The molecule has 0 aromatic heterocycles. The second-order valence-electron chi connectivity index (χ2n) is 5.07. The third-order valence-corrected chi connectivity index (χ3v) is 3.93. The van der Waals surface area contributed by atoms with Crippen LogP contribution in [-0.4, -0.2) is 7.11 Å². The number of hydrogen-bond donors (Lipinski definition) is 0. The maximum Gasteiger partial charge on any atom is 0.165 e. The van der Waals surface area contributed by atoms with Crippen molar-refractivity contribution in [3.8, 4) is 5.75 Å². The first-order valence-corrected chi connectivity index (χ1v) is 6.93. The SMILES string of the molecule is COc1cc(C(Cl)c2c(C)cc(C)cc2C)ccc1F. The fourth-order valence-electron chi connectivity index (χ4n) is 2.59. The zero-order chi connectivity index (χ0) is 14.9. The monoisotopic (exact) mass is 292 g/mol. The molecule has 1 nitrogen and oxygen atoms in total. The molecule has 2 aromatic carbocycles. The molecule has 3 heteroatoms. The van der Waals surface area contributed by atoms with Gasteiger partial charge in [-0.25, -0.2) is 4.39 Å². The summed E-state index contributed by atoms with van der Waals surface area (Å²) >= 11 is 6.60. The first-order chi connectivity index (χ1) is 9.43. The maximum absolute atomic E-state index is 13.5. The smallest absolute Gasteiger partial charge is 0.165 e. The van der Waals surface area contributed by atoms with E-state index in [4.69, 9.17) is 16.3 Å². The van der Waals surface area contributed by atoms with E-state index in [9.17, 15) is 4.39 Å². The van der Waals surface area contributed by atoms with Gasteiger partial charge >= 0.3 is 0 Å². The van der Waals surface area contributed by atoms with Crippen LogP contribution in [0.3, 0.4) is 0 Å². The summed E-state index contributed by atoms with van der Waals surface area (Å²) in [7, 11) is 1.45. The predicted molar refractivity (Wildman–Crippen MR) is 81.3 cm³/mol. The first kappa shape index (κ1) is 14.9. The van der Waals surface area contributed by atoms with Gasteiger partial charge in [0.15, 0.2) is 11.6 Å². The van der Waals surface area contributed by atoms with Gasteiger partial charge in [0.1, 0.15) is 0 Å². The van der Waals surface area contributed by atoms with Gasteiger partial charge < -0.3 is 4.74 Å². The van der Waals surface area contributed by atoms with E-state index in [1.54, 1.807) is 12.1 Å². The minimum atomic E-state index is -0.377. The molecule has 0 saturated heterocycles. The molecule has 2 rings (SSSR count). The number of benzene rings is 2. The van der Waals surface area contributed by atoms with Crippen LogP contribution in [0, 0.1) is 26.6 Å². The fourth-order valence-corrected chi connectivity index (χ4v) is 3.07. The first-order valence-electron chi connectivity index (χ1n) is 6.49. The van der Waals surface area contributed by atoms with Crippen LogP contribution in [0.4, 0.5) is 4.39 Å². The van der Waals surface area contributed by atoms with Crippen molar-refractivity contribution in [2.45, 2.75) is 26.1 Å². The molecule has 0 spiro atoms. The summed E-state index contributed by atoms with van der Waals surface area (Å²) in [5.41, 5.74) is 5.41. The van der Waals surface area contributed by atoms with E-state index in [0.29, 0.717) is 0 Å². The van der Waals surface area contributed by atoms with Crippen LogP contribution in [0.2, 0.25) is 0 Å². The Morgan fingerprint density at radius 1 is 1.05 bits per heavy atom. The van der Waals surface area contributed by atoms with Crippen LogP contribution in [-0.2, 0) is 0 Å². The normalized spacial score (nSPS) is 12.3. The summed E-state index contributed by atoms with van der Waals surface area (Å²) in [4.78, 5) is 0. The molecule has 106 valence electrons. The van der Waals surface area contributed by atoms with Gasteiger partial charge in [-0.05, 0) is 55.2 Å². The highest BCUT2D eigenvalue weighted by atomic mass is 35.5. The number of ether oxygens (including phenoxy) is 1.